The first-order valence-electron chi connectivity index (χ1n) is 21.9. The van der Waals surface area contributed by atoms with Crippen molar-refractivity contribution < 1.29 is 4.42 Å². The number of furan rings is 1. The minimum atomic E-state index is -0.191. The number of aromatic nitrogens is 3. The molecule has 0 amide bonds. The summed E-state index contributed by atoms with van der Waals surface area (Å²) >= 11 is 0. The van der Waals surface area contributed by atoms with Gasteiger partial charge in [0, 0.05) is 49.2 Å². The Bertz CT molecular complexity index is 3820. The zero-order chi connectivity index (χ0) is 42.5. The molecule has 0 spiro atoms. The van der Waals surface area contributed by atoms with Crippen molar-refractivity contribution in [2.45, 2.75) is 19.3 Å². The van der Waals surface area contributed by atoms with Crippen LogP contribution in [-0.4, -0.2) is 14.5 Å². The van der Waals surface area contributed by atoms with Crippen LogP contribution in [-0.2, 0) is 5.41 Å². The topological polar surface area (TPSA) is 47.1 Å². The minimum absolute atomic E-state index is 0.191. The lowest BCUT2D eigenvalue weighted by atomic mass is 9.82. The number of hydrogen-bond acceptors (Lipinski definition) is 4. The Hall–Kier alpha value is -8.28. The van der Waals surface area contributed by atoms with Crippen LogP contribution in [0.1, 0.15) is 25.0 Å². The van der Waals surface area contributed by atoms with Crippen molar-refractivity contribution in [3.05, 3.63) is 217 Å². The molecule has 5 heteroatoms. The van der Waals surface area contributed by atoms with Crippen LogP contribution < -0.4 is 4.90 Å². The molecule has 12 aromatic rings. The maximum absolute atomic E-state index is 6.51. The van der Waals surface area contributed by atoms with Crippen LogP contribution in [0.25, 0.3) is 94.0 Å². The molecule has 0 aliphatic heterocycles. The molecule has 5 nitrogen and oxygen atoms in total. The van der Waals surface area contributed by atoms with Gasteiger partial charge in [0.25, 0.3) is 0 Å². The van der Waals surface area contributed by atoms with E-state index in [0.717, 1.165) is 83.0 Å². The fourth-order valence-electron chi connectivity index (χ4n) is 10.4. The molecule has 13 rings (SSSR count). The zero-order valence-corrected chi connectivity index (χ0v) is 35.3. The van der Waals surface area contributed by atoms with Crippen molar-refractivity contribution in [1.29, 1.82) is 0 Å². The van der Waals surface area contributed by atoms with E-state index in [0.29, 0.717) is 5.95 Å². The average Bonchev–Trinajstić information content (AvgIpc) is 3.97. The molecule has 0 radical (unpaired) electrons. The van der Waals surface area contributed by atoms with Crippen molar-refractivity contribution in [3.8, 4) is 39.3 Å². The van der Waals surface area contributed by atoms with Gasteiger partial charge in [0.2, 0.25) is 5.95 Å². The summed E-state index contributed by atoms with van der Waals surface area (Å²) in [6, 6.07) is 73.5. The van der Waals surface area contributed by atoms with Gasteiger partial charge in [-0.05, 0) is 88.0 Å². The highest BCUT2D eigenvalue weighted by molar-refractivity contribution is 6.11. The van der Waals surface area contributed by atoms with E-state index in [1.54, 1.807) is 0 Å². The number of anilines is 3. The molecular formula is C59H40N4O. The first kappa shape index (κ1) is 36.4. The summed E-state index contributed by atoms with van der Waals surface area (Å²) in [7, 11) is 0. The maximum atomic E-state index is 6.51. The molecule has 0 atom stereocenters. The second kappa shape index (κ2) is 13.9. The van der Waals surface area contributed by atoms with Gasteiger partial charge in [-0.3, -0.25) is 9.47 Å². The Labute approximate surface area is 370 Å². The number of rotatable bonds is 6. The summed E-state index contributed by atoms with van der Waals surface area (Å²) in [6.45, 7) is 4.67. The third-order valence-corrected chi connectivity index (χ3v) is 13.4. The molecule has 302 valence electrons. The van der Waals surface area contributed by atoms with Crippen LogP contribution in [0.4, 0.5) is 17.2 Å². The average molecular weight is 821 g/mol. The number of fused-ring (bicyclic) bond motifs is 10. The normalized spacial score (nSPS) is 13.0. The quantitative estimate of drug-likeness (QED) is 0.168. The first-order chi connectivity index (χ1) is 31.5. The second-order valence-electron chi connectivity index (χ2n) is 17.3. The molecule has 1 aliphatic rings. The molecule has 9 aromatic carbocycles. The second-order valence-corrected chi connectivity index (χ2v) is 17.3. The largest absolute Gasteiger partial charge is 0.455 e. The maximum Gasteiger partial charge on any atom is 0.237 e. The van der Waals surface area contributed by atoms with E-state index in [9.17, 15) is 0 Å². The van der Waals surface area contributed by atoms with Crippen molar-refractivity contribution in [3.63, 3.8) is 0 Å². The molecule has 0 bridgehead atoms. The lowest BCUT2D eigenvalue weighted by Gasteiger charge is -2.29. The highest BCUT2D eigenvalue weighted by Gasteiger charge is 2.38. The Morgan fingerprint density at radius 1 is 0.469 bits per heavy atom. The molecule has 0 N–H and O–H groups in total. The summed E-state index contributed by atoms with van der Waals surface area (Å²) in [5.74, 6) is 1.41. The van der Waals surface area contributed by atoms with Gasteiger partial charge in [0.15, 0.2) is 5.82 Å². The Morgan fingerprint density at radius 3 is 2.00 bits per heavy atom. The van der Waals surface area contributed by atoms with E-state index >= 15 is 0 Å². The van der Waals surface area contributed by atoms with Crippen molar-refractivity contribution in [1.82, 2.24) is 14.5 Å². The van der Waals surface area contributed by atoms with Crippen LogP contribution in [0.5, 0.6) is 0 Å². The molecule has 3 aromatic heterocycles. The van der Waals surface area contributed by atoms with Crippen LogP contribution in [0.15, 0.2) is 211 Å². The monoisotopic (exact) mass is 820 g/mol. The summed E-state index contributed by atoms with van der Waals surface area (Å²) in [5.41, 5.74) is 16.2. The number of nitrogens with zero attached hydrogens (tertiary/aromatic N) is 4. The van der Waals surface area contributed by atoms with Gasteiger partial charge in [-0.2, -0.15) is 4.98 Å². The third kappa shape index (κ3) is 5.37. The summed E-state index contributed by atoms with van der Waals surface area (Å²) in [4.78, 5) is 13.4. The predicted octanol–water partition coefficient (Wildman–Crippen LogP) is 15.7. The van der Waals surface area contributed by atoms with Gasteiger partial charge in [0.05, 0.1) is 22.2 Å². The van der Waals surface area contributed by atoms with Gasteiger partial charge in [-0.1, -0.05) is 166 Å². The van der Waals surface area contributed by atoms with Crippen molar-refractivity contribution >= 4 is 71.8 Å². The standard InChI is InChI=1S/C59H40N4O/c1-59(2)48-24-10-6-20-45(48)55-49(59)25-15-28-53(55)62(40-33-30-38(31-34-40)41-22-14-23-44-43-19-9-13-29-54(43)64-56(41)44)57-46-21-7-11-26-50(46)60-58(61-57)63-51-27-12-8-18-42(51)47-36-39(32-35-52(47)63)37-16-4-3-5-17-37/h3-36H,1-2H3. The van der Waals surface area contributed by atoms with E-state index in [2.05, 4.69) is 217 Å². The van der Waals surface area contributed by atoms with Gasteiger partial charge >= 0.3 is 0 Å². The lowest BCUT2D eigenvalue weighted by Crippen LogP contribution is -2.17. The van der Waals surface area contributed by atoms with Gasteiger partial charge in [0.1, 0.15) is 11.2 Å². The Morgan fingerprint density at radius 2 is 1.12 bits per heavy atom. The molecular weight excluding hydrogens is 781 g/mol. The van der Waals surface area contributed by atoms with E-state index in [4.69, 9.17) is 14.4 Å². The smallest absolute Gasteiger partial charge is 0.237 e. The number of benzene rings is 9. The summed E-state index contributed by atoms with van der Waals surface area (Å²) < 4.78 is 8.75. The summed E-state index contributed by atoms with van der Waals surface area (Å²) in [5, 5.41) is 5.50. The number of hydrogen-bond donors (Lipinski definition) is 0. The first-order valence-corrected chi connectivity index (χ1v) is 21.9. The van der Waals surface area contributed by atoms with Crippen LogP contribution in [0.2, 0.25) is 0 Å². The van der Waals surface area contributed by atoms with Gasteiger partial charge < -0.3 is 4.42 Å². The van der Waals surface area contributed by atoms with Crippen LogP contribution >= 0.6 is 0 Å². The Balaban J connectivity index is 1.06. The molecule has 0 fully saturated rings. The minimum Gasteiger partial charge on any atom is -0.455 e. The molecule has 3 heterocycles. The molecule has 0 saturated heterocycles. The third-order valence-electron chi connectivity index (χ3n) is 13.4. The van der Waals surface area contributed by atoms with E-state index in [1.165, 1.54) is 33.4 Å². The molecule has 0 unspecified atom stereocenters. The Kier molecular flexibility index (Phi) is 7.88. The predicted molar refractivity (Wildman–Crippen MR) is 264 cm³/mol. The highest BCUT2D eigenvalue weighted by Crippen LogP contribution is 2.54. The fourth-order valence-corrected chi connectivity index (χ4v) is 10.4. The van der Waals surface area contributed by atoms with E-state index in [1.807, 2.05) is 12.1 Å². The van der Waals surface area contributed by atoms with Gasteiger partial charge in [-0.25, -0.2) is 4.98 Å². The highest BCUT2D eigenvalue weighted by atomic mass is 16.3. The number of para-hydroxylation sites is 4. The SMILES string of the molecule is CC1(C)c2ccccc2-c2c(N(c3ccc(-c4cccc5c4oc4ccccc45)cc3)c3nc(-n4c5ccccc5c5cc(-c6ccccc6)ccc54)nc4ccccc34)cccc21. The van der Waals surface area contributed by atoms with Crippen molar-refractivity contribution in [2.75, 3.05) is 4.90 Å². The van der Waals surface area contributed by atoms with Gasteiger partial charge in [-0.15, -0.1) is 0 Å². The summed E-state index contributed by atoms with van der Waals surface area (Å²) in [6.07, 6.45) is 0. The lowest BCUT2D eigenvalue weighted by molar-refractivity contribution is 0.660. The van der Waals surface area contributed by atoms with Crippen LogP contribution in [0.3, 0.4) is 0 Å². The van der Waals surface area contributed by atoms with Crippen LogP contribution in [0, 0.1) is 0 Å². The molecule has 0 saturated carbocycles. The molecule has 64 heavy (non-hydrogen) atoms. The molecule has 1 aliphatic carbocycles. The van der Waals surface area contributed by atoms with E-state index < -0.39 is 0 Å². The zero-order valence-electron chi connectivity index (χ0n) is 35.3. The fraction of sp³-hybridized carbons (Fsp3) is 0.0508. The van der Waals surface area contributed by atoms with E-state index in [-0.39, 0.29) is 5.41 Å². The van der Waals surface area contributed by atoms with Crippen molar-refractivity contribution in [2.24, 2.45) is 0 Å².